The number of rotatable bonds is 3. The Morgan fingerprint density at radius 1 is 1.24 bits per heavy atom. The van der Waals surface area contributed by atoms with Gasteiger partial charge in [0.15, 0.2) is 5.76 Å². The maximum Gasteiger partial charge on any atom is 0.232 e. The third-order valence-corrected chi connectivity index (χ3v) is 4.63. The number of aryl methyl sites for hydroxylation is 2. The van der Waals surface area contributed by atoms with Crippen LogP contribution in [0.5, 0.6) is 11.5 Å². The number of ketones is 1. The average molecular weight is 333 g/mol. The van der Waals surface area contributed by atoms with Crippen LogP contribution >= 0.6 is 0 Å². The van der Waals surface area contributed by atoms with E-state index in [9.17, 15) is 4.79 Å². The summed E-state index contributed by atoms with van der Waals surface area (Å²) in [6.45, 7) is 4.87. The molecule has 4 heteroatoms. The maximum absolute atomic E-state index is 12.8. The van der Waals surface area contributed by atoms with Crippen LogP contribution in [-0.2, 0) is 6.54 Å². The molecule has 2 aromatic carbocycles. The Balaban J connectivity index is 1.82. The standard InChI is InChI=1S/C21H19NO3/c1-4-22-12-14(16-7-5-6-8-17(16)22)10-19-21(23)20-13(2)9-15(24-3)11-18(20)25-19/h5-12H,4H2,1-3H3/b19-10-. The number of carbonyl (C=O) groups excluding carboxylic acids is 1. The number of carbonyl (C=O) groups is 1. The van der Waals surface area contributed by atoms with Gasteiger partial charge in [0.2, 0.25) is 5.78 Å². The summed E-state index contributed by atoms with van der Waals surface area (Å²) in [5.74, 6) is 1.52. The number of aromatic nitrogens is 1. The molecule has 0 radical (unpaired) electrons. The number of fused-ring (bicyclic) bond motifs is 2. The lowest BCUT2D eigenvalue weighted by atomic mass is 10.0. The van der Waals surface area contributed by atoms with Gasteiger partial charge in [0.05, 0.1) is 12.7 Å². The van der Waals surface area contributed by atoms with E-state index in [1.807, 2.05) is 31.2 Å². The Morgan fingerprint density at radius 3 is 2.80 bits per heavy atom. The Kier molecular flexibility index (Phi) is 3.61. The first-order chi connectivity index (χ1) is 12.1. The first-order valence-corrected chi connectivity index (χ1v) is 8.33. The summed E-state index contributed by atoms with van der Waals surface area (Å²) in [4.78, 5) is 12.8. The van der Waals surface area contributed by atoms with Gasteiger partial charge in [-0.1, -0.05) is 18.2 Å². The average Bonchev–Trinajstić information content (AvgIpc) is 3.13. The molecule has 0 saturated carbocycles. The van der Waals surface area contributed by atoms with Gasteiger partial charge in [-0.15, -0.1) is 0 Å². The summed E-state index contributed by atoms with van der Waals surface area (Å²) in [6.07, 6.45) is 3.90. The second-order valence-electron chi connectivity index (χ2n) is 6.14. The quantitative estimate of drug-likeness (QED) is 0.658. The number of Topliss-reactive ketones (excluding diaryl/α,β-unsaturated/α-hetero) is 1. The van der Waals surface area contributed by atoms with E-state index in [0.29, 0.717) is 22.8 Å². The van der Waals surface area contributed by atoms with Crippen molar-refractivity contribution in [3.8, 4) is 11.5 Å². The summed E-state index contributed by atoms with van der Waals surface area (Å²) in [5, 5.41) is 1.11. The lowest BCUT2D eigenvalue weighted by molar-refractivity contribution is 0.101. The van der Waals surface area contributed by atoms with Crippen LogP contribution in [0.1, 0.15) is 28.4 Å². The monoisotopic (exact) mass is 333 g/mol. The van der Waals surface area contributed by atoms with E-state index in [1.54, 1.807) is 13.2 Å². The molecule has 0 spiro atoms. The second kappa shape index (κ2) is 5.81. The van der Waals surface area contributed by atoms with E-state index >= 15 is 0 Å². The van der Waals surface area contributed by atoms with Crippen molar-refractivity contribution in [3.63, 3.8) is 0 Å². The van der Waals surface area contributed by atoms with Crippen molar-refractivity contribution < 1.29 is 14.3 Å². The fraction of sp³-hybridized carbons (Fsp3) is 0.190. The SMILES string of the molecule is CCn1cc(/C=C2\Oc3cc(OC)cc(C)c3C2=O)c2ccccc21. The zero-order chi connectivity index (χ0) is 17.6. The molecular formula is C21H19NO3. The van der Waals surface area contributed by atoms with Crippen LogP contribution in [0.25, 0.3) is 17.0 Å². The molecule has 4 rings (SSSR count). The number of benzene rings is 2. The summed E-state index contributed by atoms with van der Waals surface area (Å²) < 4.78 is 13.3. The van der Waals surface area contributed by atoms with Gasteiger partial charge in [-0.3, -0.25) is 4.79 Å². The van der Waals surface area contributed by atoms with Crippen molar-refractivity contribution in [2.75, 3.05) is 7.11 Å². The minimum absolute atomic E-state index is 0.0801. The van der Waals surface area contributed by atoms with E-state index in [4.69, 9.17) is 9.47 Å². The predicted molar refractivity (Wildman–Crippen MR) is 98.3 cm³/mol. The van der Waals surface area contributed by atoms with Crippen LogP contribution in [0.4, 0.5) is 0 Å². The number of nitrogens with zero attached hydrogens (tertiary/aromatic N) is 1. The van der Waals surface area contributed by atoms with Gasteiger partial charge in [0.1, 0.15) is 11.5 Å². The molecule has 1 aromatic heterocycles. The van der Waals surface area contributed by atoms with E-state index in [0.717, 1.165) is 28.6 Å². The van der Waals surface area contributed by atoms with Gasteiger partial charge < -0.3 is 14.0 Å². The molecule has 0 aliphatic carbocycles. The number of para-hydroxylation sites is 1. The topological polar surface area (TPSA) is 40.5 Å². The van der Waals surface area contributed by atoms with Crippen LogP contribution in [0.3, 0.4) is 0 Å². The van der Waals surface area contributed by atoms with Gasteiger partial charge in [-0.25, -0.2) is 0 Å². The van der Waals surface area contributed by atoms with Gasteiger partial charge in [-0.05, 0) is 37.6 Å². The number of hydrogen-bond acceptors (Lipinski definition) is 3. The second-order valence-corrected chi connectivity index (χ2v) is 6.14. The molecule has 1 aliphatic rings. The van der Waals surface area contributed by atoms with Crippen molar-refractivity contribution in [3.05, 3.63) is 65.0 Å². The Morgan fingerprint density at radius 2 is 2.04 bits per heavy atom. The molecule has 0 amide bonds. The fourth-order valence-corrected chi connectivity index (χ4v) is 3.39. The normalized spacial score (nSPS) is 14.8. The smallest absolute Gasteiger partial charge is 0.232 e. The van der Waals surface area contributed by atoms with Crippen molar-refractivity contribution in [1.29, 1.82) is 0 Å². The highest BCUT2D eigenvalue weighted by atomic mass is 16.5. The van der Waals surface area contributed by atoms with Gasteiger partial charge in [0.25, 0.3) is 0 Å². The Hall–Kier alpha value is -3.01. The maximum atomic E-state index is 12.8. The number of ether oxygens (including phenoxy) is 2. The highest BCUT2D eigenvalue weighted by Crippen LogP contribution is 2.38. The number of methoxy groups -OCH3 is 1. The van der Waals surface area contributed by atoms with Crippen molar-refractivity contribution in [2.24, 2.45) is 0 Å². The zero-order valence-corrected chi connectivity index (χ0v) is 14.5. The summed E-state index contributed by atoms with van der Waals surface area (Å²) in [7, 11) is 1.61. The predicted octanol–water partition coefficient (Wildman–Crippen LogP) is 4.59. The summed E-state index contributed by atoms with van der Waals surface area (Å²) in [5.41, 5.74) is 3.61. The molecule has 0 saturated heterocycles. The van der Waals surface area contributed by atoms with E-state index in [-0.39, 0.29) is 5.78 Å². The molecule has 25 heavy (non-hydrogen) atoms. The molecule has 0 unspecified atom stereocenters. The Labute approximate surface area is 146 Å². The molecule has 2 heterocycles. The molecule has 3 aromatic rings. The lowest BCUT2D eigenvalue weighted by Crippen LogP contribution is -1.99. The fourth-order valence-electron chi connectivity index (χ4n) is 3.39. The zero-order valence-electron chi connectivity index (χ0n) is 14.5. The van der Waals surface area contributed by atoms with Crippen LogP contribution < -0.4 is 9.47 Å². The summed E-state index contributed by atoms with van der Waals surface area (Å²) in [6, 6.07) is 11.8. The Bertz CT molecular complexity index is 1030. The minimum Gasteiger partial charge on any atom is -0.497 e. The molecule has 0 N–H and O–H groups in total. The van der Waals surface area contributed by atoms with Gasteiger partial charge in [-0.2, -0.15) is 0 Å². The minimum atomic E-state index is -0.0801. The summed E-state index contributed by atoms with van der Waals surface area (Å²) >= 11 is 0. The van der Waals surface area contributed by atoms with Crippen LogP contribution in [-0.4, -0.2) is 17.5 Å². The largest absolute Gasteiger partial charge is 0.497 e. The third-order valence-electron chi connectivity index (χ3n) is 4.63. The van der Waals surface area contributed by atoms with Crippen LogP contribution in [0, 0.1) is 6.92 Å². The van der Waals surface area contributed by atoms with Crippen molar-refractivity contribution in [2.45, 2.75) is 20.4 Å². The van der Waals surface area contributed by atoms with Crippen molar-refractivity contribution >= 4 is 22.8 Å². The highest BCUT2D eigenvalue weighted by Gasteiger charge is 2.30. The molecule has 0 fully saturated rings. The molecule has 0 bridgehead atoms. The molecule has 4 nitrogen and oxygen atoms in total. The van der Waals surface area contributed by atoms with Gasteiger partial charge in [0, 0.05) is 35.3 Å². The molecular weight excluding hydrogens is 314 g/mol. The van der Waals surface area contributed by atoms with E-state index < -0.39 is 0 Å². The van der Waals surface area contributed by atoms with E-state index in [1.165, 1.54) is 0 Å². The number of allylic oxidation sites excluding steroid dienone is 1. The van der Waals surface area contributed by atoms with E-state index in [2.05, 4.69) is 29.8 Å². The number of hydrogen-bond donors (Lipinski definition) is 0. The first kappa shape index (κ1) is 15.5. The van der Waals surface area contributed by atoms with Crippen LogP contribution in [0.15, 0.2) is 48.4 Å². The first-order valence-electron chi connectivity index (χ1n) is 8.33. The molecule has 0 atom stereocenters. The molecule has 1 aliphatic heterocycles. The van der Waals surface area contributed by atoms with Gasteiger partial charge >= 0.3 is 0 Å². The third kappa shape index (κ3) is 2.41. The molecule has 126 valence electrons. The highest BCUT2D eigenvalue weighted by molar-refractivity contribution is 6.16. The van der Waals surface area contributed by atoms with Crippen molar-refractivity contribution in [1.82, 2.24) is 4.57 Å². The van der Waals surface area contributed by atoms with Crippen LogP contribution in [0.2, 0.25) is 0 Å². The lowest BCUT2D eigenvalue weighted by Gasteiger charge is -2.04.